The van der Waals surface area contributed by atoms with Crippen LogP contribution in [0.4, 0.5) is 19.0 Å². The highest BCUT2D eigenvalue weighted by Crippen LogP contribution is 2.33. The standard InChI is InChI=1S/C28H29ClF3N3O5/c1-34-25-22(26(37)35(27(34)38)12-3-13-36)10-6-18(14-17-4-7-20(29)8-5-17)23(33-25)16-19-15-21(40-28(30,31)32)9-11-24(19)39-2/h4-5,7-9,11,15,18,36H,3,6,10,12-14,16H2,1-2H3. The molecule has 1 unspecified atom stereocenters. The number of nitrogens with zero attached hydrogens (tertiary/aromatic N) is 3. The van der Waals surface area contributed by atoms with Crippen LogP contribution in [0.15, 0.2) is 57.0 Å². The third kappa shape index (κ3) is 6.76. The average molecular weight is 580 g/mol. The lowest BCUT2D eigenvalue weighted by Crippen LogP contribution is -2.41. The molecule has 1 aliphatic rings. The van der Waals surface area contributed by atoms with E-state index in [0.29, 0.717) is 46.9 Å². The molecule has 1 atom stereocenters. The van der Waals surface area contributed by atoms with E-state index in [0.717, 1.165) is 10.1 Å². The largest absolute Gasteiger partial charge is 0.573 e. The summed E-state index contributed by atoms with van der Waals surface area (Å²) in [5.74, 6) is -0.0528. The van der Waals surface area contributed by atoms with Crippen LogP contribution in [0.5, 0.6) is 11.5 Å². The zero-order valence-corrected chi connectivity index (χ0v) is 22.8. The molecule has 1 N–H and O–H groups in total. The Bertz CT molecular complexity index is 1510. The second-order valence-electron chi connectivity index (χ2n) is 9.55. The first-order valence-electron chi connectivity index (χ1n) is 12.7. The van der Waals surface area contributed by atoms with Crippen LogP contribution in [0, 0.1) is 5.92 Å². The number of hydrogen-bond acceptors (Lipinski definition) is 6. The predicted molar refractivity (Wildman–Crippen MR) is 145 cm³/mol. The van der Waals surface area contributed by atoms with Crippen LogP contribution in [-0.2, 0) is 32.9 Å². The molecule has 1 aromatic heterocycles. The van der Waals surface area contributed by atoms with Crippen molar-refractivity contribution < 1.29 is 27.8 Å². The van der Waals surface area contributed by atoms with Crippen LogP contribution < -0.4 is 20.7 Å². The van der Waals surface area contributed by atoms with Gasteiger partial charge in [0.25, 0.3) is 5.56 Å². The Morgan fingerprint density at radius 2 is 1.88 bits per heavy atom. The third-order valence-electron chi connectivity index (χ3n) is 6.86. The van der Waals surface area contributed by atoms with Gasteiger partial charge in [0.15, 0.2) is 0 Å². The van der Waals surface area contributed by atoms with E-state index in [4.69, 9.17) is 21.3 Å². The van der Waals surface area contributed by atoms with E-state index in [9.17, 15) is 27.9 Å². The Balaban J connectivity index is 1.83. The van der Waals surface area contributed by atoms with Crippen LogP contribution in [0.25, 0.3) is 0 Å². The number of aliphatic imine (C=N–C) groups is 1. The van der Waals surface area contributed by atoms with Gasteiger partial charge in [0.1, 0.15) is 17.3 Å². The van der Waals surface area contributed by atoms with Crippen molar-refractivity contribution in [3.63, 3.8) is 0 Å². The molecule has 40 heavy (non-hydrogen) atoms. The number of aliphatic hydroxyl groups is 1. The van der Waals surface area contributed by atoms with Gasteiger partial charge in [0.2, 0.25) is 0 Å². The molecule has 0 aliphatic carbocycles. The first-order valence-corrected chi connectivity index (χ1v) is 13.1. The number of fused-ring (bicyclic) bond motifs is 1. The van der Waals surface area contributed by atoms with E-state index >= 15 is 0 Å². The van der Waals surface area contributed by atoms with Crippen molar-refractivity contribution >= 4 is 23.1 Å². The van der Waals surface area contributed by atoms with Gasteiger partial charge in [0, 0.05) is 48.8 Å². The minimum atomic E-state index is -4.87. The molecular weight excluding hydrogens is 551 g/mol. The maximum Gasteiger partial charge on any atom is 0.573 e. The molecule has 4 rings (SSSR count). The van der Waals surface area contributed by atoms with Crippen molar-refractivity contribution in [2.75, 3.05) is 13.7 Å². The molecule has 0 spiro atoms. The summed E-state index contributed by atoms with van der Waals surface area (Å²) < 4.78 is 50.7. The van der Waals surface area contributed by atoms with Crippen LogP contribution >= 0.6 is 11.6 Å². The number of ether oxygens (including phenoxy) is 2. The van der Waals surface area contributed by atoms with Crippen molar-refractivity contribution in [1.29, 1.82) is 0 Å². The second kappa shape index (κ2) is 12.3. The van der Waals surface area contributed by atoms with E-state index < -0.39 is 23.4 Å². The molecule has 0 fully saturated rings. The second-order valence-corrected chi connectivity index (χ2v) is 9.98. The summed E-state index contributed by atoms with van der Waals surface area (Å²) >= 11 is 6.06. The van der Waals surface area contributed by atoms with Gasteiger partial charge in [-0.05, 0) is 61.6 Å². The van der Waals surface area contributed by atoms with Crippen molar-refractivity contribution in [2.24, 2.45) is 18.0 Å². The molecular formula is C28H29ClF3N3O5. The van der Waals surface area contributed by atoms with Crippen LogP contribution in [-0.4, -0.2) is 40.0 Å². The molecule has 1 aliphatic heterocycles. The predicted octanol–water partition coefficient (Wildman–Crippen LogP) is 4.61. The topological polar surface area (TPSA) is 95.1 Å². The Kier molecular flexibility index (Phi) is 9.05. The van der Waals surface area contributed by atoms with Crippen LogP contribution in [0.1, 0.15) is 29.5 Å². The highest BCUT2D eigenvalue weighted by Gasteiger charge is 2.32. The van der Waals surface area contributed by atoms with Crippen molar-refractivity contribution in [3.8, 4) is 11.5 Å². The molecule has 0 saturated carbocycles. The fourth-order valence-corrected chi connectivity index (χ4v) is 5.04. The van der Waals surface area contributed by atoms with Gasteiger partial charge in [-0.25, -0.2) is 9.79 Å². The average Bonchev–Trinajstić information content (AvgIpc) is 3.08. The first kappa shape index (κ1) is 29.4. The van der Waals surface area contributed by atoms with E-state index in [1.54, 1.807) is 12.1 Å². The number of halogens is 4. The van der Waals surface area contributed by atoms with E-state index in [1.165, 1.54) is 36.9 Å². The SMILES string of the molecule is COc1ccc(OC(F)(F)F)cc1CC1=Nc2c(c(=O)n(CCCO)c(=O)n2C)CCC1Cc1ccc(Cl)cc1. The van der Waals surface area contributed by atoms with Crippen LogP contribution in [0.2, 0.25) is 5.02 Å². The molecule has 0 saturated heterocycles. The zero-order valence-electron chi connectivity index (χ0n) is 22.0. The zero-order chi connectivity index (χ0) is 29.0. The van der Waals surface area contributed by atoms with Gasteiger partial charge in [-0.2, -0.15) is 0 Å². The van der Waals surface area contributed by atoms with Gasteiger partial charge in [0.05, 0.1) is 12.7 Å². The summed E-state index contributed by atoms with van der Waals surface area (Å²) in [4.78, 5) is 31.2. The molecule has 214 valence electrons. The van der Waals surface area contributed by atoms with Crippen molar-refractivity contribution in [1.82, 2.24) is 9.13 Å². The van der Waals surface area contributed by atoms with Crippen molar-refractivity contribution in [2.45, 2.75) is 45.0 Å². The molecule has 0 amide bonds. The third-order valence-corrected chi connectivity index (χ3v) is 7.12. The summed E-state index contributed by atoms with van der Waals surface area (Å²) in [5.41, 5.74) is 1.31. The molecule has 12 heteroatoms. The summed E-state index contributed by atoms with van der Waals surface area (Å²) in [6, 6.07) is 11.1. The lowest BCUT2D eigenvalue weighted by atomic mass is 9.87. The Morgan fingerprint density at radius 3 is 2.52 bits per heavy atom. The van der Waals surface area contributed by atoms with E-state index in [2.05, 4.69) is 4.74 Å². The summed E-state index contributed by atoms with van der Waals surface area (Å²) in [6.07, 6.45) is -3.16. The number of aromatic nitrogens is 2. The lowest BCUT2D eigenvalue weighted by molar-refractivity contribution is -0.274. The maximum atomic E-state index is 13.3. The van der Waals surface area contributed by atoms with Gasteiger partial charge < -0.3 is 14.6 Å². The summed E-state index contributed by atoms with van der Waals surface area (Å²) in [6.45, 7) is -0.0969. The van der Waals surface area contributed by atoms with E-state index in [-0.39, 0.29) is 37.7 Å². The molecule has 2 heterocycles. The lowest BCUT2D eigenvalue weighted by Gasteiger charge is -2.20. The van der Waals surface area contributed by atoms with Crippen LogP contribution in [0.3, 0.4) is 0 Å². The smallest absolute Gasteiger partial charge is 0.496 e. The summed E-state index contributed by atoms with van der Waals surface area (Å²) in [7, 11) is 2.94. The maximum absolute atomic E-state index is 13.3. The van der Waals surface area contributed by atoms with Gasteiger partial charge in [-0.15, -0.1) is 13.2 Å². The number of methoxy groups -OCH3 is 1. The number of hydrogen-bond donors (Lipinski definition) is 1. The Hall–Kier alpha value is -3.57. The normalized spacial score (nSPS) is 15.3. The quantitative estimate of drug-likeness (QED) is 0.399. The minimum Gasteiger partial charge on any atom is -0.496 e. The number of rotatable bonds is 9. The van der Waals surface area contributed by atoms with E-state index in [1.807, 2.05) is 12.1 Å². The summed E-state index contributed by atoms with van der Waals surface area (Å²) in [5, 5.41) is 9.80. The first-order chi connectivity index (χ1) is 19.0. The molecule has 0 bridgehead atoms. The van der Waals surface area contributed by atoms with Gasteiger partial charge in [-0.1, -0.05) is 23.7 Å². The minimum absolute atomic E-state index is 0.0727. The Labute approximate surface area is 233 Å². The molecule has 0 radical (unpaired) electrons. The highest BCUT2D eigenvalue weighted by atomic mass is 35.5. The van der Waals surface area contributed by atoms with Crippen molar-refractivity contribution in [3.05, 3.63) is 85.0 Å². The molecule has 2 aromatic carbocycles. The fourth-order valence-electron chi connectivity index (χ4n) is 4.91. The number of alkyl halides is 3. The highest BCUT2D eigenvalue weighted by molar-refractivity contribution is 6.30. The number of aliphatic hydroxyl groups excluding tert-OH is 1. The van der Waals surface area contributed by atoms with Gasteiger partial charge >= 0.3 is 12.1 Å². The van der Waals surface area contributed by atoms with Gasteiger partial charge in [-0.3, -0.25) is 13.9 Å². The molecule has 3 aromatic rings. The fraction of sp³-hybridized carbons (Fsp3) is 0.393. The number of benzene rings is 2. The monoisotopic (exact) mass is 579 g/mol. The molecule has 8 nitrogen and oxygen atoms in total. The Morgan fingerprint density at radius 1 is 1.15 bits per heavy atom.